The Kier molecular flexibility index (Phi) is 7.41. The van der Waals surface area contributed by atoms with E-state index < -0.39 is 0 Å². The third kappa shape index (κ3) is 4.99. The number of hydrogen-bond donors (Lipinski definition) is 0. The number of aryl methyl sites for hydroxylation is 1. The highest BCUT2D eigenvalue weighted by Gasteiger charge is 2.35. The van der Waals surface area contributed by atoms with Crippen molar-refractivity contribution in [1.29, 1.82) is 10.5 Å². The van der Waals surface area contributed by atoms with Crippen LogP contribution in [0.15, 0.2) is 170 Å². The van der Waals surface area contributed by atoms with Crippen molar-refractivity contribution in [3.8, 4) is 29.0 Å². The van der Waals surface area contributed by atoms with Crippen molar-refractivity contribution in [3.63, 3.8) is 0 Å². The van der Waals surface area contributed by atoms with Gasteiger partial charge in [0.2, 0.25) is 0 Å². The highest BCUT2D eigenvalue weighted by atomic mass is 15.2. The summed E-state index contributed by atoms with van der Waals surface area (Å²) in [7, 11) is 0. The number of allylic oxidation sites excluding steroid dienone is 5. The van der Waals surface area contributed by atoms with Gasteiger partial charge < -0.3 is 9.47 Å². The van der Waals surface area contributed by atoms with Crippen LogP contribution in [0.2, 0.25) is 0 Å². The maximum Gasteiger partial charge on any atom is 0.0992 e. The molecule has 232 valence electrons. The Hall–Kier alpha value is -6.62. The number of para-hydroxylation sites is 3. The standard InChI is InChI=1S/C45H32N4/c1-30-12-3-7-22-42(30)48-25-24-33(29-47)26-31(2)35-18-10-19-39(44(35)48)36-15-4-5-16-37(36)40-20-11-21-41-38-17-6-8-23-43(38)49(45(40)41)34-14-9-13-32(27-34)28-46/h3-27,35,44H,2H2,1H3/b25-24-,33-26+. The summed E-state index contributed by atoms with van der Waals surface area (Å²) in [6.07, 6.45) is 12.4. The van der Waals surface area contributed by atoms with Gasteiger partial charge in [0.25, 0.3) is 0 Å². The van der Waals surface area contributed by atoms with Crippen molar-refractivity contribution in [3.05, 3.63) is 186 Å². The zero-order chi connectivity index (χ0) is 33.5. The first-order valence-electron chi connectivity index (χ1n) is 16.4. The van der Waals surface area contributed by atoms with Gasteiger partial charge in [-0.3, -0.25) is 0 Å². The Labute approximate surface area is 286 Å². The lowest BCUT2D eigenvalue weighted by molar-refractivity contribution is 0.652. The van der Waals surface area contributed by atoms with E-state index in [0.717, 1.165) is 66.6 Å². The molecule has 6 aromatic rings. The van der Waals surface area contributed by atoms with Crippen molar-refractivity contribution in [1.82, 2.24) is 4.57 Å². The average molecular weight is 629 g/mol. The van der Waals surface area contributed by atoms with Crippen molar-refractivity contribution in [2.24, 2.45) is 5.92 Å². The van der Waals surface area contributed by atoms with Crippen LogP contribution in [0.3, 0.4) is 0 Å². The van der Waals surface area contributed by atoms with Gasteiger partial charge in [0.05, 0.1) is 40.4 Å². The topological polar surface area (TPSA) is 55.8 Å². The summed E-state index contributed by atoms with van der Waals surface area (Å²) >= 11 is 0. The molecule has 4 nitrogen and oxygen atoms in total. The maximum absolute atomic E-state index is 9.92. The number of anilines is 1. The van der Waals surface area contributed by atoms with Gasteiger partial charge in [0, 0.05) is 39.8 Å². The summed E-state index contributed by atoms with van der Waals surface area (Å²) in [5, 5.41) is 22.0. The molecule has 2 unspecified atom stereocenters. The molecule has 1 aliphatic carbocycles. The van der Waals surface area contributed by atoms with Crippen LogP contribution in [0, 0.1) is 35.5 Å². The first kappa shape index (κ1) is 29.8. The molecule has 0 N–H and O–H groups in total. The van der Waals surface area contributed by atoms with E-state index >= 15 is 0 Å². The van der Waals surface area contributed by atoms with E-state index in [2.05, 4.69) is 157 Å². The molecule has 8 rings (SSSR count). The van der Waals surface area contributed by atoms with Crippen LogP contribution in [0.25, 0.3) is 44.2 Å². The van der Waals surface area contributed by atoms with Gasteiger partial charge in [-0.05, 0) is 77.2 Å². The molecule has 1 aromatic heterocycles. The fourth-order valence-electron chi connectivity index (χ4n) is 7.51. The normalized spacial score (nSPS) is 18.8. The van der Waals surface area contributed by atoms with E-state index in [1.165, 1.54) is 0 Å². The summed E-state index contributed by atoms with van der Waals surface area (Å²) in [6.45, 7) is 6.62. The summed E-state index contributed by atoms with van der Waals surface area (Å²) < 4.78 is 2.30. The van der Waals surface area contributed by atoms with Gasteiger partial charge in [-0.1, -0.05) is 110 Å². The molecule has 0 bridgehead atoms. The van der Waals surface area contributed by atoms with Crippen molar-refractivity contribution in [2.75, 3.05) is 4.90 Å². The minimum absolute atomic E-state index is 0.0723. The Balaban J connectivity index is 1.39. The molecule has 5 aromatic carbocycles. The quantitative estimate of drug-likeness (QED) is 0.195. The van der Waals surface area contributed by atoms with Crippen LogP contribution in [-0.2, 0) is 0 Å². The summed E-state index contributed by atoms with van der Waals surface area (Å²) in [5.41, 5.74) is 12.0. The molecule has 0 saturated carbocycles. The lowest BCUT2D eigenvalue weighted by Crippen LogP contribution is -2.40. The molecule has 0 saturated heterocycles. The molecule has 0 amide bonds. The highest BCUT2D eigenvalue weighted by Crippen LogP contribution is 2.45. The number of rotatable bonds is 4. The molecular formula is C45H32N4. The molecule has 2 aliphatic rings. The van der Waals surface area contributed by atoms with Gasteiger partial charge in [0.15, 0.2) is 0 Å². The zero-order valence-electron chi connectivity index (χ0n) is 27.1. The highest BCUT2D eigenvalue weighted by molar-refractivity contribution is 6.14. The van der Waals surface area contributed by atoms with Crippen LogP contribution in [0.5, 0.6) is 0 Å². The number of benzene rings is 5. The molecule has 0 spiro atoms. The third-order valence-electron chi connectivity index (χ3n) is 9.72. The fraction of sp³-hybridized carbons (Fsp3) is 0.0667. The number of hydrogen-bond acceptors (Lipinski definition) is 3. The maximum atomic E-state index is 9.92. The Morgan fingerprint density at radius 2 is 1.47 bits per heavy atom. The van der Waals surface area contributed by atoms with E-state index in [9.17, 15) is 10.5 Å². The van der Waals surface area contributed by atoms with Gasteiger partial charge >= 0.3 is 0 Å². The lowest BCUT2D eigenvalue weighted by Gasteiger charge is -2.41. The minimum Gasteiger partial charge on any atom is -0.339 e. The monoisotopic (exact) mass is 628 g/mol. The van der Waals surface area contributed by atoms with E-state index in [4.69, 9.17) is 0 Å². The van der Waals surface area contributed by atoms with Crippen LogP contribution in [-0.4, -0.2) is 10.6 Å². The largest absolute Gasteiger partial charge is 0.339 e. The van der Waals surface area contributed by atoms with Crippen LogP contribution in [0.1, 0.15) is 16.7 Å². The van der Waals surface area contributed by atoms with E-state index in [-0.39, 0.29) is 12.0 Å². The molecule has 4 heteroatoms. The number of nitrogens with zero attached hydrogens (tertiary/aromatic N) is 4. The molecule has 49 heavy (non-hydrogen) atoms. The number of nitriles is 2. The number of fused-ring (bicyclic) bond motifs is 4. The van der Waals surface area contributed by atoms with Gasteiger partial charge in [0.1, 0.15) is 0 Å². The summed E-state index contributed by atoms with van der Waals surface area (Å²) in [4.78, 5) is 2.31. The van der Waals surface area contributed by atoms with Gasteiger partial charge in [-0.15, -0.1) is 0 Å². The predicted molar refractivity (Wildman–Crippen MR) is 201 cm³/mol. The minimum atomic E-state index is -0.120. The zero-order valence-corrected chi connectivity index (χ0v) is 27.1. The second-order valence-corrected chi connectivity index (χ2v) is 12.5. The summed E-state index contributed by atoms with van der Waals surface area (Å²) in [5.74, 6) is -0.0723. The molecule has 2 atom stereocenters. The van der Waals surface area contributed by atoms with Crippen LogP contribution in [0.4, 0.5) is 5.69 Å². The lowest BCUT2D eigenvalue weighted by atomic mass is 9.77. The Morgan fingerprint density at radius 3 is 2.31 bits per heavy atom. The summed E-state index contributed by atoms with van der Waals surface area (Å²) in [6, 6.07) is 44.4. The fourth-order valence-corrected chi connectivity index (χ4v) is 7.51. The molecule has 0 fully saturated rings. The third-order valence-corrected chi connectivity index (χ3v) is 9.72. The van der Waals surface area contributed by atoms with Crippen molar-refractivity contribution < 1.29 is 0 Å². The SMILES string of the molecule is C=C1/C=C(C#N)\C=C/N(c2ccccc2C)C2C(c3ccccc3-c3cccc4c5ccccc5n(-c5cccc(C#N)c5)c34)=CC=CC12. The molecule has 2 heterocycles. The average Bonchev–Trinajstić information content (AvgIpc) is 3.49. The van der Waals surface area contributed by atoms with Gasteiger partial charge in [-0.2, -0.15) is 10.5 Å². The van der Waals surface area contributed by atoms with Crippen LogP contribution < -0.4 is 4.90 Å². The first-order chi connectivity index (χ1) is 24.1. The van der Waals surface area contributed by atoms with Crippen molar-refractivity contribution >= 4 is 33.1 Å². The van der Waals surface area contributed by atoms with E-state index in [1.54, 1.807) is 0 Å². The number of aromatic nitrogens is 1. The first-order valence-corrected chi connectivity index (χ1v) is 16.4. The predicted octanol–water partition coefficient (Wildman–Crippen LogP) is 10.6. The van der Waals surface area contributed by atoms with E-state index in [0.29, 0.717) is 11.1 Å². The molecule has 1 aliphatic heterocycles. The second-order valence-electron chi connectivity index (χ2n) is 12.5. The Morgan fingerprint density at radius 1 is 0.735 bits per heavy atom. The van der Waals surface area contributed by atoms with E-state index in [1.807, 2.05) is 30.4 Å². The second kappa shape index (κ2) is 12.2. The van der Waals surface area contributed by atoms with Gasteiger partial charge in [-0.25, -0.2) is 0 Å². The Bertz CT molecular complexity index is 2520. The van der Waals surface area contributed by atoms with Crippen LogP contribution >= 0.6 is 0 Å². The molecule has 0 radical (unpaired) electrons. The smallest absolute Gasteiger partial charge is 0.0992 e. The molecular weight excluding hydrogens is 597 g/mol. The van der Waals surface area contributed by atoms with Crippen molar-refractivity contribution in [2.45, 2.75) is 13.0 Å².